The highest BCUT2D eigenvalue weighted by Crippen LogP contribution is 2.45. The maximum atomic E-state index is 12.5. The van der Waals surface area contributed by atoms with Crippen LogP contribution >= 0.6 is 0 Å². The second-order valence-electron chi connectivity index (χ2n) is 7.62. The first-order valence-corrected chi connectivity index (χ1v) is 7.76. The van der Waals surface area contributed by atoms with E-state index in [-0.39, 0.29) is 22.9 Å². The Bertz CT molecular complexity index is 334. The molecule has 0 aromatic carbocycles. The van der Waals surface area contributed by atoms with Crippen LogP contribution in [0, 0.1) is 17.3 Å². The lowest BCUT2D eigenvalue weighted by atomic mass is 9.72. The van der Waals surface area contributed by atoms with E-state index in [4.69, 9.17) is 4.74 Å². The molecule has 1 saturated heterocycles. The van der Waals surface area contributed by atoms with Crippen LogP contribution in [0.25, 0.3) is 0 Å². The summed E-state index contributed by atoms with van der Waals surface area (Å²) in [4.78, 5) is 12.5. The van der Waals surface area contributed by atoms with Crippen LogP contribution in [-0.4, -0.2) is 24.7 Å². The van der Waals surface area contributed by atoms with Gasteiger partial charge in [-0.3, -0.25) is 4.79 Å². The van der Waals surface area contributed by atoms with Gasteiger partial charge < -0.3 is 10.1 Å². The molecule has 1 heterocycles. The van der Waals surface area contributed by atoms with E-state index in [0.29, 0.717) is 0 Å². The van der Waals surface area contributed by atoms with Gasteiger partial charge in [-0.25, -0.2) is 0 Å². The fraction of sp³-hybridized carbons (Fsp3) is 0.938. The Balaban J connectivity index is 2.09. The lowest BCUT2D eigenvalue weighted by Gasteiger charge is -2.34. The minimum Gasteiger partial charge on any atom is -0.460 e. The van der Waals surface area contributed by atoms with Gasteiger partial charge in [-0.05, 0) is 44.9 Å². The van der Waals surface area contributed by atoms with Crippen molar-refractivity contribution in [3.8, 4) is 0 Å². The summed E-state index contributed by atoms with van der Waals surface area (Å²) in [5.41, 5.74) is -0.216. The van der Waals surface area contributed by atoms with Crippen LogP contribution in [0.5, 0.6) is 0 Å². The first-order chi connectivity index (χ1) is 8.82. The Labute approximate surface area is 117 Å². The fourth-order valence-corrected chi connectivity index (χ4v) is 3.64. The van der Waals surface area contributed by atoms with Crippen LogP contribution in [0.1, 0.15) is 59.8 Å². The van der Waals surface area contributed by atoms with Gasteiger partial charge in [-0.15, -0.1) is 0 Å². The molecule has 2 aliphatic rings. The van der Waals surface area contributed by atoms with Crippen molar-refractivity contribution in [3.05, 3.63) is 0 Å². The zero-order valence-corrected chi connectivity index (χ0v) is 12.9. The molecule has 1 N–H and O–H groups in total. The van der Waals surface area contributed by atoms with Gasteiger partial charge in [0.2, 0.25) is 0 Å². The van der Waals surface area contributed by atoms with Crippen molar-refractivity contribution in [3.63, 3.8) is 0 Å². The van der Waals surface area contributed by atoms with Gasteiger partial charge in [0.05, 0.1) is 5.92 Å². The molecule has 0 aromatic rings. The predicted molar refractivity (Wildman–Crippen MR) is 76.9 cm³/mol. The van der Waals surface area contributed by atoms with Crippen LogP contribution < -0.4 is 5.32 Å². The highest BCUT2D eigenvalue weighted by Gasteiger charge is 2.48. The van der Waals surface area contributed by atoms with Crippen molar-refractivity contribution in [2.45, 2.75) is 65.4 Å². The number of hydrogen-bond acceptors (Lipinski definition) is 3. The number of hydrogen-bond donors (Lipinski definition) is 1. The topological polar surface area (TPSA) is 38.3 Å². The predicted octanol–water partition coefficient (Wildman–Crippen LogP) is 3.13. The van der Waals surface area contributed by atoms with Crippen LogP contribution in [0.15, 0.2) is 0 Å². The molecule has 1 aliphatic carbocycles. The summed E-state index contributed by atoms with van der Waals surface area (Å²) >= 11 is 0. The lowest BCUT2D eigenvalue weighted by molar-refractivity contribution is -0.163. The van der Waals surface area contributed by atoms with Crippen LogP contribution in [0.2, 0.25) is 0 Å². The van der Waals surface area contributed by atoms with Crippen molar-refractivity contribution >= 4 is 5.97 Å². The highest BCUT2D eigenvalue weighted by atomic mass is 16.6. The summed E-state index contributed by atoms with van der Waals surface area (Å²) in [6.45, 7) is 9.98. The van der Waals surface area contributed by atoms with Crippen molar-refractivity contribution in [2.24, 2.45) is 17.3 Å². The zero-order chi connectivity index (χ0) is 14.1. The minimum atomic E-state index is -0.376. The van der Waals surface area contributed by atoms with Gasteiger partial charge in [0.25, 0.3) is 0 Å². The molecule has 3 unspecified atom stereocenters. The van der Waals surface area contributed by atoms with E-state index in [2.05, 4.69) is 12.2 Å². The van der Waals surface area contributed by atoms with E-state index in [1.807, 2.05) is 20.8 Å². The number of esters is 1. The molecule has 3 heteroatoms. The van der Waals surface area contributed by atoms with E-state index in [1.54, 1.807) is 0 Å². The Morgan fingerprint density at radius 3 is 2.68 bits per heavy atom. The zero-order valence-electron chi connectivity index (χ0n) is 12.9. The third kappa shape index (κ3) is 3.50. The summed E-state index contributed by atoms with van der Waals surface area (Å²) in [5, 5.41) is 3.44. The number of rotatable bonds is 1. The van der Waals surface area contributed by atoms with Crippen LogP contribution in [0.4, 0.5) is 0 Å². The summed E-state index contributed by atoms with van der Waals surface area (Å²) in [7, 11) is 0. The van der Waals surface area contributed by atoms with Crippen molar-refractivity contribution in [1.29, 1.82) is 0 Å². The average Bonchev–Trinajstić information content (AvgIpc) is 2.59. The highest BCUT2D eigenvalue weighted by molar-refractivity contribution is 5.74. The lowest BCUT2D eigenvalue weighted by Crippen LogP contribution is -2.38. The molecule has 0 bridgehead atoms. The quantitative estimate of drug-likeness (QED) is 0.742. The maximum Gasteiger partial charge on any atom is 0.311 e. The SMILES string of the molecule is CC1CCCC2(CC1)CNCC2C(=O)OC(C)(C)C. The molecule has 110 valence electrons. The Hall–Kier alpha value is -0.570. The number of carbonyl (C=O) groups excluding carboxylic acids is 1. The maximum absolute atomic E-state index is 12.5. The molecule has 1 saturated carbocycles. The summed E-state index contributed by atoms with van der Waals surface area (Å²) < 4.78 is 5.64. The molecular formula is C16H29NO2. The molecule has 19 heavy (non-hydrogen) atoms. The van der Waals surface area contributed by atoms with E-state index in [0.717, 1.165) is 19.0 Å². The first kappa shape index (κ1) is 14.8. The molecule has 2 fully saturated rings. The molecule has 0 amide bonds. The van der Waals surface area contributed by atoms with E-state index in [1.165, 1.54) is 32.1 Å². The average molecular weight is 267 g/mol. The summed E-state index contributed by atoms with van der Waals surface area (Å²) in [5.74, 6) is 0.864. The number of carbonyl (C=O) groups is 1. The molecule has 3 atom stereocenters. The second-order valence-corrected chi connectivity index (χ2v) is 7.62. The van der Waals surface area contributed by atoms with E-state index in [9.17, 15) is 4.79 Å². The van der Waals surface area contributed by atoms with Crippen LogP contribution in [-0.2, 0) is 9.53 Å². The third-order valence-electron chi connectivity index (χ3n) is 4.76. The Morgan fingerprint density at radius 2 is 2.00 bits per heavy atom. The van der Waals surface area contributed by atoms with Gasteiger partial charge in [0.1, 0.15) is 5.60 Å². The van der Waals surface area contributed by atoms with Gasteiger partial charge in [0, 0.05) is 13.1 Å². The number of nitrogens with one attached hydrogen (secondary N) is 1. The molecule has 2 rings (SSSR count). The van der Waals surface area contributed by atoms with Gasteiger partial charge >= 0.3 is 5.97 Å². The molecular weight excluding hydrogens is 238 g/mol. The van der Waals surface area contributed by atoms with Crippen molar-refractivity contribution in [2.75, 3.05) is 13.1 Å². The third-order valence-corrected chi connectivity index (χ3v) is 4.76. The molecule has 0 aromatic heterocycles. The van der Waals surface area contributed by atoms with E-state index < -0.39 is 0 Å². The first-order valence-electron chi connectivity index (χ1n) is 7.76. The Kier molecular flexibility index (Phi) is 4.24. The molecule has 0 radical (unpaired) electrons. The monoisotopic (exact) mass is 267 g/mol. The Morgan fingerprint density at radius 1 is 1.26 bits per heavy atom. The van der Waals surface area contributed by atoms with Crippen LogP contribution in [0.3, 0.4) is 0 Å². The van der Waals surface area contributed by atoms with E-state index >= 15 is 0 Å². The number of ether oxygens (including phenoxy) is 1. The molecule has 3 nitrogen and oxygen atoms in total. The summed E-state index contributed by atoms with van der Waals surface area (Å²) in [6, 6.07) is 0. The normalized spacial score (nSPS) is 36.2. The summed E-state index contributed by atoms with van der Waals surface area (Å²) in [6.07, 6.45) is 6.16. The molecule has 1 aliphatic heterocycles. The smallest absolute Gasteiger partial charge is 0.311 e. The largest absolute Gasteiger partial charge is 0.460 e. The van der Waals surface area contributed by atoms with Gasteiger partial charge in [0.15, 0.2) is 0 Å². The van der Waals surface area contributed by atoms with Gasteiger partial charge in [-0.2, -0.15) is 0 Å². The molecule has 1 spiro atoms. The second kappa shape index (κ2) is 5.43. The fourth-order valence-electron chi connectivity index (χ4n) is 3.64. The van der Waals surface area contributed by atoms with Gasteiger partial charge in [-0.1, -0.05) is 26.2 Å². The van der Waals surface area contributed by atoms with Crippen molar-refractivity contribution < 1.29 is 9.53 Å². The van der Waals surface area contributed by atoms with Crippen molar-refractivity contribution in [1.82, 2.24) is 5.32 Å². The standard InChI is InChI=1S/C16H29NO2/c1-12-6-5-8-16(9-7-12)11-17-10-13(16)14(18)19-15(2,3)4/h12-13,17H,5-11H2,1-4H3. The minimum absolute atomic E-state index is 0.00653.